The van der Waals surface area contributed by atoms with E-state index in [1.807, 2.05) is 31.2 Å². The van der Waals surface area contributed by atoms with E-state index in [2.05, 4.69) is 0 Å². The molecule has 0 bridgehead atoms. The van der Waals surface area contributed by atoms with E-state index >= 15 is 0 Å². The second-order valence-corrected chi connectivity index (χ2v) is 7.87. The number of hydrogen-bond acceptors (Lipinski definition) is 5. The fraction of sp³-hybridized carbons (Fsp3) is 0.304. The Bertz CT molecular complexity index is 1070. The molecule has 1 unspecified atom stereocenters. The number of Topliss-reactive ketones (excluding diaryl/α,β-unsaturated/α-hetero) is 1. The number of nitrogens with zero attached hydrogens (tertiary/aromatic N) is 2. The fourth-order valence-electron chi connectivity index (χ4n) is 4.50. The van der Waals surface area contributed by atoms with Gasteiger partial charge in [-0.2, -0.15) is 0 Å². The molecule has 7 nitrogen and oxygen atoms in total. The summed E-state index contributed by atoms with van der Waals surface area (Å²) >= 11 is 0. The van der Waals surface area contributed by atoms with Crippen molar-refractivity contribution in [3.8, 4) is 0 Å². The van der Waals surface area contributed by atoms with Crippen LogP contribution in [0, 0.1) is 17.0 Å². The van der Waals surface area contributed by atoms with Gasteiger partial charge in [0, 0.05) is 23.7 Å². The van der Waals surface area contributed by atoms with Gasteiger partial charge in [0.05, 0.1) is 16.5 Å². The summed E-state index contributed by atoms with van der Waals surface area (Å²) in [6, 6.07) is 12.2. The molecular formula is C23H22N2O5. The van der Waals surface area contributed by atoms with E-state index < -0.39 is 22.7 Å². The van der Waals surface area contributed by atoms with Crippen molar-refractivity contribution in [3.05, 3.63) is 80.9 Å². The highest BCUT2D eigenvalue weighted by molar-refractivity contribution is 6.46. The van der Waals surface area contributed by atoms with Gasteiger partial charge in [-0.15, -0.1) is 0 Å². The van der Waals surface area contributed by atoms with Crippen molar-refractivity contribution in [3.63, 3.8) is 0 Å². The highest BCUT2D eigenvalue weighted by Gasteiger charge is 2.49. The third kappa shape index (κ3) is 3.36. The number of likely N-dealkylation sites (tertiary alicyclic amines) is 1. The van der Waals surface area contributed by atoms with E-state index in [-0.39, 0.29) is 28.6 Å². The topological polar surface area (TPSA) is 101 Å². The Morgan fingerprint density at radius 1 is 1.10 bits per heavy atom. The summed E-state index contributed by atoms with van der Waals surface area (Å²) in [5.74, 6) is -1.76. The third-order valence-corrected chi connectivity index (χ3v) is 5.89. The lowest BCUT2D eigenvalue weighted by atomic mass is 9.93. The van der Waals surface area contributed by atoms with Gasteiger partial charge in [0.2, 0.25) is 0 Å². The van der Waals surface area contributed by atoms with Gasteiger partial charge >= 0.3 is 0 Å². The normalized spacial score (nSPS) is 21.4. The van der Waals surface area contributed by atoms with E-state index in [0.717, 1.165) is 36.8 Å². The number of carbonyl (C=O) groups is 2. The Hall–Kier alpha value is -3.48. The van der Waals surface area contributed by atoms with Gasteiger partial charge < -0.3 is 10.0 Å². The van der Waals surface area contributed by atoms with E-state index in [0.29, 0.717) is 0 Å². The monoisotopic (exact) mass is 406 g/mol. The maximum absolute atomic E-state index is 13.0. The smallest absolute Gasteiger partial charge is 0.295 e. The van der Waals surface area contributed by atoms with Gasteiger partial charge in [0.1, 0.15) is 5.76 Å². The molecule has 1 saturated carbocycles. The predicted octanol–water partition coefficient (Wildman–Crippen LogP) is 4.27. The van der Waals surface area contributed by atoms with Crippen molar-refractivity contribution in [2.24, 2.45) is 0 Å². The zero-order valence-corrected chi connectivity index (χ0v) is 16.6. The summed E-state index contributed by atoms with van der Waals surface area (Å²) in [4.78, 5) is 38.2. The van der Waals surface area contributed by atoms with Crippen molar-refractivity contribution in [1.29, 1.82) is 0 Å². The molecule has 1 aliphatic heterocycles. The van der Waals surface area contributed by atoms with Crippen LogP contribution in [0.15, 0.2) is 54.1 Å². The number of ketones is 1. The lowest BCUT2D eigenvalue weighted by Crippen LogP contribution is -2.37. The van der Waals surface area contributed by atoms with Crippen molar-refractivity contribution in [1.82, 2.24) is 4.90 Å². The molecule has 1 N–H and O–H groups in total. The van der Waals surface area contributed by atoms with Crippen LogP contribution < -0.4 is 0 Å². The van der Waals surface area contributed by atoms with Gasteiger partial charge in [-0.25, -0.2) is 0 Å². The van der Waals surface area contributed by atoms with Crippen LogP contribution in [0.3, 0.4) is 0 Å². The zero-order valence-electron chi connectivity index (χ0n) is 16.6. The highest BCUT2D eigenvalue weighted by Crippen LogP contribution is 2.43. The average Bonchev–Trinajstić information content (AvgIpc) is 3.34. The van der Waals surface area contributed by atoms with Crippen LogP contribution in [0.5, 0.6) is 0 Å². The Morgan fingerprint density at radius 3 is 2.47 bits per heavy atom. The molecular weight excluding hydrogens is 384 g/mol. The molecule has 154 valence electrons. The predicted molar refractivity (Wildman–Crippen MR) is 111 cm³/mol. The molecule has 4 rings (SSSR count). The molecule has 0 radical (unpaired) electrons. The number of non-ortho nitro benzene ring substituents is 1. The zero-order chi connectivity index (χ0) is 21.4. The molecule has 1 aliphatic carbocycles. The van der Waals surface area contributed by atoms with Crippen LogP contribution in [-0.2, 0) is 9.59 Å². The van der Waals surface area contributed by atoms with Crippen LogP contribution in [0.2, 0.25) is 0 Å². The molecule has 2 aromatic carbocycles. The maximum atomic E-state index is 13.0. The second-order valence-electron chi connectivity index (χ2n) is 7.87. The van der Waals surface area contributed by atoms with Crippen molar-refractivity contribution in [2.75, 3.05) is 0 Å². The molecule has 2 fully saturated rings. The Morgan fingerprint density at radius 2 is 1.80 bits per heavy atom. The molecule has 7 heteroatoms. The largest absolute Gasteiger partial charge is 0.507 e. The minimum absolute atomic E-state index is 0.0157. The minimum atomic E-state index is -0.752. The standard InChI is InChI=1S/C23H22N2O5/c1-14-6-4-7-15(12-14)20-19(21(26)16-8-5-11-18(13-16)25(29)30)22(27)23(28)24(20)17-9-2-3-10-17/h4-8,11-13,17,20,26H,2-3,9-10H2,1H3/b21-19-. The number of amides is 1. The molecule has 30 heavy (non-hydrogen) atoms. The Kier molecular flexibility index (Phi) is 5.11. The summed E-state index contributed by atoms with van der Waals surface area (Å²) in [7, 11) is 0. The number of aliphatic hydroxyl groups is 1. The van der Waals surface area contributed by atoms with Crippen LogP contribution in [-0.4, -0.2) is 32.7 Å². The Balaban J connectivity index is 1.90. The van der Waals surface area contributed by atoms with Crippen LogP contribution in [0.25, 0.3) is 5.76 Å². The number of benzene rings is 2. The van der Waals surface area contributed by atoms with Crippen LogP contribution in [0.4, 0.5) is 5.69 Å². The minimum Gasteiger partial charge on any atom is -0.507 e. The van der Waals surface area contributed by atoms with E-state index in [1.165, 1.54) is 24.3 Å². The van der Waals surface area contributed by atoms with E-state index in [4.69, 9.17) is 0 Å². The quantitative estimate of drug-likeness (QED) is 0.269. The average molecular weight is 406 g/mol. The molecule has 2 aromatic rings. The number of nitro groups is 1. The van der Waals surface area contributed by atoms with Gasteiger partial charge in [0.15, 0.2) is 0 Å². The maximum Gasteiger partial charge on any atom is 0.295 e. The van der Waals surface area contributed by atoms with E-state index in [1.54, 1.807) is 4.90 Å². The molecule has 1 heterocycles. The molecule has 1 saturated heterocycles. The van der Waals surface area contributed by atoms with Crippen molar-refractivity contribution in [2.45, 2.75) is 44.7 Å². The van der Waals surface area contributed by atoms with Gasteiger partial charge in [-0.3, -0.25) is 19.7 Å². The molecule has 0 spiro atoms. The second kappa shape index (κ2) is 7.74. The van der Waals surface area contributed by atoms with Crippen molar-refractivity contribution < 1.29 is 19.6 Å². The first kappa shape index (κ1) is 19.8. The summed E-state index contributed by atoms with van der Waals surface area (Å²) in [5, 5.41) is 22.2. The van der Waals surface area contributed by atoms with Crippen LogP contribution in [0.1, 0.15) is 48.4 Å². The summed E-state index contributed by atoms with van der Waals surface area (Å²) in [5.41, 5.74) is 1.65. The number of rotatable bonds is 4. The third-order valence-electron chi connectivity index (χ3n) is 5.89. The van der Waals surface area contributed by atoms with Gasteiger partial charge in [-0.05, 0) is 25.3 Å². The number of aliphatic hydroxyl groups excluding tert-OH is 1. The number of nitro benzene ring substituents is 1. The number of aryl methyl sites for hydroxylation is 1. The summed E-state index contributed by atoms with van der Waals surface area (Å²) < 4.78 is 0. The van der Waals surface area contributed by atoms with Crippen LogP contribution >= 0.6 is 0 Å². The molecule has 1 amide bonds. The molecule has 0 aromatic heterocycles. The number of hydrogen-bond donors (Lipinski definition) is 1. The lowest BCUT2D eigenvalue weighted by Gasteiger charge is -2.31. The molecule has 1 atom stereocenters. The van der Waals surface area contributed by atoms with E-state index in [9.17, 15) is 24.8 Å². The summed E-state index contributed by atoms with van der Waals surface area (Å²) in [6.45, 7) is 1.92. The summed E-state index contributed by atoms with van der Waals surface area (Å²) in [6.07, 6.45) is 3.59. The number of carbonyl (C=O) groups excluding carboxylic acids is 2. The fourth-order valence-corrected chi connectivity index (χ4v) is 4.50. The lowest BCUT2D eigenvalue weighted by molar-refractivity contribution is -0.384. The van der Waals surface area contributed by atoms with Gasteiger partial charge in [0.25, 0.3) is 17.4 Å². The highest BCUT2D eigenvalue weighted by atomic mass is 16.6. The first-order valence-electron chi connectivity index (χ1n) is 10.00. The van der Waals surface area contributed by atoms with Crippen molar-refractivity contribution >= 4 is 23.1 Å². The SMILES string of the molecule is Cc1cccc(C2/C(=C(/O)c3cccc([N+](=O)[O-])c3)C(=O)C(=O)N2C2CCCC2)c1. The Labute approximate surface area is 173 Å². The van der Waals surface area contributed by atoms with Gasteiger partial charge in [-0.1, -0.05) is 54.8 Å². The molecule has 2 aliphatic rings. The first-order chi connectivity index (χ1) is 14.4. The first-order valence-corrected chi connectivity index (χ1v) is 10.00.